The van der Waals surface area contributed by atoms with E-state index in [1.54, 1.807) is 12.4 Å². The molecule has 2 aromatic heterocycles. The fraction of sp³-hybridized carbons (Fsp3) is 0.333. The van der Waals surface area contributed by atoms with Crippen molar-refractivity contribution in [3.05, 3.63) is 29.9 Å². The first kappa shape index (κ1) is 8.80. The number of anilines is 1. The van der Waals surface area contributed by atoms with Crippen LogP contribution >= 0.6 is 0 Å². The Morgan fingerprint density at radius 1 is 1.50 bits per heavy atom. The van der Waals surface area contributed by atoms with Gasteiger partial charge in [-0.1, -0.05) is 12.1 Å². The van der Waals surface area contributed by atoms with Gasteiger partial charge in [0.2, 0.25) is 0 Å². The van der Waals surface area contributed by atoms with Gasteiger partial charge in [0.05, 0.1) is 18.1 Å². The third kappa shape index (κ3) is 1.76. The van der Waals surface area contributed by atoms with Crippen molar-refractivity contribution in [2.45, 2.75) is 19.9 Å². The highest BCUT2D eigenvalue weighted by molar-refractivity contribution is 5.44. The summed E-state index contributed by atoms with van der Waals surface area (Å²) in [5.41, 5.74) is 2.06. The van der Waals surface area contributed by atoms with Gasteiger partial charge >= 0.3 is 0 Å². The number of aromatic nitrogens is 3. The third-order valence-corrected chi connectivity index (χ3v) is 2.00. The van der Waals surface area contributed by atoms with Crippen LogP contribution in [0.1, 0.15) is 18.2 Å². The van der Waals surface area contributed by atoms with E-state index in [9.17, 15) is 0 Å². The van der Waals surface area contributed by atoms with E-state index in [1.165, 1.54) is 0 Å². The van der Waals surface area contributed by atoms with Crippen LogP contribution in [0, 0.1) is 0 Å². The summed E-state index contributed by atoms with van der Waals surface area (Å²) in [6.45, 7) is 2.76. The van der Waals surface area contributed by atoms with Gasteiger partial charge in [-0.3, -0.25) is 5.10 Å². The van der Waals surface area contributed by atoms with Crippen molar-refractivity contribution in [1.29, 1.82) is 0 Å². The molecule has 2 N–H and O–H groups in total. The van der Waals surface area contributed by atoms with Crippen molar-refractivity contribution in [3.63, 3.8) is 0 Å². The first-order chi connectivity index (χ1) is 6.90. The Morgan fingerprint density at radius 2 is 2.43 bits per heavy atom. The monoisotopic (exact) mass is 192 g/mol. The number of nitrogens with zero attached hydrogens (tertiary/aromatic N) is 2. The van der Waals surface area contributed by atoms with Gasteiger partial charge in [-0.05, 0) is 0 Å². The molecule has 5 nitrogen and oxygen atoms in total. The van der Waals surface area contributed by atoms with Gasteiger partial charge in [-0.2, -0.15) is 5.10 Å². The van der Waals surface area contributed by atoms with E-state index in [4.69, 9.17) is 4.52 Å². The van der Waals surface area contributed by atoms with E-state index < -0.39 is 0 Å². The van der Waals surface area contributed by atoms with Crippen molar-refractivity contribution < 1.29 is 4.52 Å². The molecule has 2 aromatic rings. The van der Waals surface area contributed by atoms with Crippen molar-refractivity contribution in [3.8, 4) is 0 Å². The first-order valence-electron chi connectivity index (χ1n) is 4.55. The summed E-state index contributed by atoms with van der Waals surface area (Å²) in [7, 11) is 0. The quantitative estimate of drug-likeness (QED) is 0.771. The average molecular weight is 192 g/mol. The molecule has 0 radical (unpaired) electrons. The van der Waals surface area contributed by atoms with Crippen LogP contribution in [-0.4, -0.2) is 15.4 Å². The van der Waals surface area contributed by atoms with Crippen molar-refractivity contribution in [1.82, 2.24) is 15.4 Å². The van der Waals surface area contributed by atoms with E-state index in [0.29, 0.717) is 0 Å². The minimum Gasteiger partial charge on any atom is -0.377 e. The van der Waals surface area contributed by atoms with Crippen molar-refractivity contribution in [2.24, 2.45) is 0 Å². The van der Waals surface area contributed by atoms with Gasteiger partial charge in [0, 0.05) is 24.7 Å². The molecule has 2 heterocycles. The number of aryl methyl sites for hydroxylation is 1. The average Bonchev–Trinajstić information content (AvgIpc) is 2.85. The van der Waals surface area contributed by atoms with Crippen LogP contribution in [0.4, 0.5) is 5.69 Å². The fourth-order valence-electron chi connectivity index (χ4n) is 1.23. The molecule has 0 bridgehead atoms. The highest BCUT2D eigenvalue weighted by Gasteiger charge is 2.04. The lowest BCUT2D eigenvalue weighted by Gasteiger charge is -2.01. The standard InChI is InChI=1S/C9H12N4O/c1-2-9-8(6-13-14-9)10-3-7-4-11-12-5-7/h4-6,10H,2-3H2,1H3,(H,11,12). The molecule has 0 saturated carbocycles. The molecule has 0 aliphatic carbocycles. The number of rotatable bonds is 4. The smallest absolute Gasteiger partial charge is 0.159 e. The van der Waals surface area contributed by atoms with E-state index in [1.807, 2.05) is 13.1 Å². The topological polar surface area (TPSA) is 66.7 Å². The molecule has 0 atom stereocenters. The molecule has 0 spiro atoms. The van der Waals surface area contributed by atoms with Gasteiger partial charge in [-0.15, -0.1) is 0 Å². The zero-order valence-corrected chi connectivity index (χ0v) is 7.95. The fourth-order valence-corrected chi connectivity index (χ4v) is 1.23. The minimum absolute atomic E-state index is 0.727. The molecular weight excluding hydrogens is 180 g/mol. The molecule has 14 heavy (non-hydrogen) atoms. The van der Waals surface area contributed by atoms with Gasteiger partial charge in [-0.25, -0.2) is 0 Å². The molecular formula is C9H12N4O. The van der Waals surface area contributed by atoms with Crippen LogP contribution in [-0.2, 0) is 13.0 Å². The summed E-state index contributed by atoms with van der Waals surface area (Å²) in [5.74, 6) is 0.883. The van der Waals surface area contributed by atoms with Gasteiger partial charge in [0.1, 0.15) is 0 Å². The molecule has 0 aromatic carbocycles. The lowest BCUT2D eigenvalue weighted by molar-refractivity contribution is 0.387. The van der Waals surface area contributed by atoms with E-state index in [-0.39, 0.29) is 0 Å². The molecule has 0 aliphatic rings. The maximum absolute atomic E-state index is 5.05. The second kappa shape index (κ2) is 3.95. The Hall–Kier alpha value is -1.78. The largest absolute Gasteiger partial charge is 0.377 e. The van der Waals surface area contributed by atoms with Gasteiger partial charge < -0.3 is 9.84 Å². The molecule has 74 valence electrons. The van der Waals surface area contributed by atoms with Crippen LogP contribution in [0.25, 0.3) is 0 Å². The van der Waals surface area contributed by atoms with Crippen LogP contribution in [0.3, 0.4) is 0 Å². The van der Waals surface area contributed by atoms with Crippen LogP contribution in [0.2, 0.25) is 0 Å². The van der Waals surface area contributed by atoms with E-state index in [2.05, 4.69) is 20.7 Å². The summed E-state index contributed by atoms with van der Waals surface area (Å²) in [6, 6.07) is 0. The maximum Gasteiger partial charge on any atom is 0.159 e. The predicted octanol–water partition coefficient (Wildman–Crippen LogP) is 1.57. The molecule has 5 heteroatoms. The number of hydrogen-bond acceptors (Lipinski definition) is 4. The Bertz CT molecular complexity index is 379. The minimum atomic E-state index is 0.727. The number of aromatic amines is 1. The highest BCUT2D eigenvalue weighted by Crippen LogP contribution is 2.15. The lowest BCUT2D eigenvalue weighted by atomic mass is 10.3. The number of nitrogens with one attached hydrogen (secondary N) is 2. The lowest BCUT2D eigenvalue weighted by Crippen LogP contribution is -1.98. The second-order valence-corrected chi connectivity index (χ2v) is 2.98. The zero-order valence-electron chi connectivity index (χ0n) is 7.95. The Kier molecular flexibility index (Phi) is 2.48. The SMILES string of the molecule is CCc1oncc1NCc1cn[nH]c1. The molecule has 0 fully saturated rings. The molecule has 2 rings (SSSR count). The van der Waals surface area contributed by atoms with E-state index in [0.717, 1.165) is 30.0 Å². The van der Waals surface area contributed by atoms with Gasteiger partial charge in [0.25, 0.3) is 0 Å². The normalized spacial score (nSPS) is 10.4. The third-order valence-electron chi connectivity index (χ3n) is 2.00. The Morgan fingerprint density at radius 3 is 3.14 bits per heavy atom. The summed E-state index contributed by atoms with van der Waals surface area (Å²) >= 11 is 0. The van der Waals surface area contributed by atoms with Crippen LogP contribution < -0.4 is 5.32 Å². The predicted molar refractivity (Wildman–Crippen MR) is 51.8 cm³/mol. The second-order valence-electron chi connectivity index (χ2n) is 2.98. The molecule has 0 amide bonds. The Labute approximate surface area is 81.5 Å². The highest BCUT2D eigenvalue weighted by atomic mass is 16.5. The van der Waals surface area contributed by atoms with Crippen LogP contribution in [0.5, 0.6) is 0 Å². The van der Waals surface area contributed by atoms with E-state index >= 15 is 0 Å². The summed E-state index contributed by atoms with van der Waals surface area (Å²) in [6.07, 6.45) is 6.17. The summed E-state index contributed by atoms with van der Waals surface area (Å²) in [5, 5.41) is 13.6. The van der Waals surface area contributed by atoms with Gasteiger partial charge in [0.15, 0.2) is 5.76 Å². The van der Waals surface area contributed by atoms with Crippen molar-refractivity contribution in [2.75, 3.05) is 5.32 Å². The molecule has 0 unspecified atom stereocenters. The summed E-state index contributed by atoms with van der Waals surface area (Å²) < 4.78 is 5.05. The maximum atomic E-state index is 5.05. The molecule has 0 aliphatic heterocycles. The van der Waals surface area contributed by atoms with Crippen molar-refractivity contribution >= 4 is 5.69 Å². The number of hydrogen-bond donors (Lipinski definition) is 2. The molecule has 0 saturated heterocycles. The first-order valence-corrected chi connectivity index (χ1v) is 4.55. The van der Waals surface area contributed by atoms with Crippen LogP contribution in [0.15, 0.2) is 23.1 Å². The zero-order chi connectivity index (χ0) is 9.80. The Balaban J connectivity index is 1.98. The summed E-state index contributed by atoms with van der Waals surface area (Å²) in [4.78, 5) is 0. The number of H-pyrrole nitrogens is 1.